The third-order valence-corrected chi connectivity index (χ3v) is 4.57. The van der Waals surface area contributed by atoms with E-state index in [0.717, 1.165) is 24.1 Å². The number of imidazole rings is 1. The number of halogens is 1. The van der Waals surface area contributed by atoms with Crippen molar-refractivity contribution < 1.29 is 9.90 Å². The molecule has 0 bridgehead atoms. The second-order valence-corrected chi connectivity index (χ2v) is 6.61. The number of aromatic nitrogens is 3. The fourth-order valence-corrected chi connectivity index (χ4v) is 3.05. The third kappa shape index (κ3) is 3.23. The predicted octanol–water partition coefficient (Wildman–Crippen LogP) is 2.35. The highest BCUT2D eigenvalue weighted by molar-refractivity contribution is 6.34. The van der Waals surface area contributed by atoms with Crippen molar-refractivity contribution in [1.29, 1.82) is 0 Å². The van der Waals surface area contributed by atoms with E-state index in [1.165, 1.54) is 0 Å². The fourth-order valence-electron chi connectivity index (χ4n) is 2.78. The molecule has 7 nitrogen and oxygen atoms in total. The summed E-state index contributed by atoms with van der Waals surface area (Å²) in [5.74, 6) is 0.459. The Balaban J connectivity index is 1.67. The third-order valence-electron chi connectivity index (χ3n) is 4.25. The number of carbonyl (C=O) groups excluding carboxylic acids is 1. The van der Waals surface area contributed by atoms with Gasteiger partial charge in [0.2, 0.25) is 0 Å². The molecule has 1 aromatic carbocycles. The predicted molar refractivity (Wildman–Crippen MR) is 99.5 cm³/mol. The molecule has 1 amide bonds. The maximum absolute atomic E-state index is 12.2. The number of fused-ring (bicyclic) bond motifs is 1. The molecule has 2 aromatic heterocycles. The largest absolute Gasteiger partial charge is 0.395 e. The van der Waals surface area contributed by atoms with Gasteiger partial charge in [-0.05, 0) is 25.0 Å². The van der Waals surface area contributed by atoms with Crippen LogP contribution < -0.4 is 10.6 Å². The minimum absolute atomic E-state index is 0.0102. The lowest BCUT2D eigenvalue weighted by Crippen LogP contribution is -2.25. The average Bonchev–Trinajstić information content (AvgIpc) is 3.34. The number of aliphatic hydroxyl groups is 1. The molecule has 26 heavy (non-hydrogen) atoms. The summed E-state index contributed by atoms with van der Waals surface area (Å²) < 4.78 is 1.89. The number of amides is 1. The van der Waals surface area contributed by atoms with Crippen molar-refractivity contribution >= 4 is 29.0 Å². The normalized spacial score (nSPS) is 13.8. The Kier molecular flexibility index (Phi) is 4.48. The molecule has 1 fully saturated rings. The monoisotopic (exact) mass is 371 g/mol. The summed E-state index contributed by atoms with van der Waals surface area (Å²) in [5, 5.41) is 15.4. The first kappa shape index (κ1) is 16.8. The molecule has 0 radical (unpaired) electrons. The van der Waals surface area contributed by atoms with Crippen LogP contribution in [0.25, 0.3) is 16.9 Å². The quantitative estimate of drug-likeness (QED) is 0.618. The highest BCUT2D eigenvalue weighted by atomic mass is 35.5. The van der Waals surface area contributed by atoms with Crippen molar-refractivity contribution in [1.82, 2.24) is 19.7 Å². The van der Waals surface area contributed by atoms with E-state index in [1.807, 2.05) is 16.7 Å². The number of rotatable bonds is 6. The van der Waals surface area contributed by atoms with Crippen molar-refractivity contribution in [3.63, 3.8) is 0 Å². The second kappa shape index (κ2) is 6.93. The number of anilines is 1. The highest BCUT2D eigenvalue weighted by Crippen LogP contribution is 2.28. The van der Waals surface area contributed by atoms with E-state index in [0.29, 0.717) is 28.6 Å². The Morgan fingerprint density at radius 1 is 1.35 bits per heavy atom. The molecule has 4 rings (SSSR count). The molecule has 0 atom stereocenters. The second-order valence-electron chi connectivity index (χ2n) is 6.21. The molecule has 8 heteroatoms. The summed E-state index contributed by atoms with van der Waals surface area (Å²) in [6.45, 7) is 0.405. The van der Waals surface area contributed by atoms with Crippen LogP contribution in [0.5, 0.6) is 0 Å². The molecule has 3 N–H and O–H groups in total. The summed E-state index contributed by atoms with van der Waals surface area (Å²) in [7, 11) is 0. The summed E-state index contributed by atoms with van der Waals surface area (Å²) >= 11 is 6.35. The molecule has 0 spiro atoms. The Morgan fingerprint density at radius 2 is 2.19 bits per heavy atom. The van der Waals surface area contributed by atoms with Gasteiger partial charge in [-0.3, -0.25) is 9.20 Å². The maximum atomic E-state index is 12.2. The first-order valence-corrected chi connectivity index (χ1v) is 8.83. The Hall–Kier alpha value is -2.64. The van der Waals surface area contributed by atoms with Gasteiger partial charge < -0.3 is 15.7 Å². The van der Waals surface area contributed by atoms with Gasteiger partial charge in [-0.2, -0.15) is 0 Å². The zero-order chi connectivity index (χ0) is 18.1. The number of benzene rings is 1. The van der Waals surface area contributed by atoms with Crippen molar-refractivity contribution in [3.8, 4) is 11.3 Å². The first-order chi connectivity index (χ1) is 12.7. The molecule has 3 aromatic rings. The standard InChI is InChI=1S/C18H18ClN5O2/c19-14-9-11(1-4-13(14)18(26)23-12-2-3-12)15-10-22-17-16(21-6-8-25)20-5-7-24(15)17/h1,4-5,7,9-10,12,25H,2-3,6,8H2,(H,20,21)(H,23,26). The number of hydrogen-bond acceptors (Lipinski definition) is 5. The molecule has 134 valence electrons. The zero-order valence-electron chi connectivity index (χ0n) is 13.9. The molecular weight excluding hydrogens is 354 g/mol. The fraction of sp³-hybridized carbons (Fsp3) is 0.278. The van der Waals surface area contributed by atoms with Gasteiger partial charge in [0.05, 0.1) is 29.1 Å². The van der Waals surface area contributed by atoms with E-state index in [1.54, 1.807) is 24.5 Å². The van der Waals surface area contributed by atoms with Crippen molar-refractivity contribution in [2.45, 2.75) is 18.9 Å². The molecule has 1 aliphatic carbocycles. The van der Waals surface area contributed by atoms with E-state index < -0.39 is 0 Å². The lowest BCUT2D eigenvalue weighted by molar-refractivity contribution is 0.0951. The van der Waals surface area contributed by atoms with Crippen LogP contribution in [0.2, 0.25) is 5.02 Å². The van der Waals surface area contributed by atoms with Crippen LogP contribution in [0.15, 0.2) is 36.8 Å². The number of nitrogens with zero attached hydrogens (tertiary/aromatic N) is 3. The van der Waals surface area contributed by atoms with Crippen LogP contribution in [-0.4, -0.2) is 44.6 Å². The molecule has 0 aliphatic heterocycles. The lowest BCUT2D eigenvalue weighted by Gasteiger charge is -2.09. The van der Waals surface area contributed by atoms with Crippen LogP contribution in [0.1, 0.15) is 23.2 Å². The van der Waals surface area contributed by atoms with Crippen molar-refractivity contribution in [3.05, 3.63) is 47.4 Å². The molecule has 1 saturated carbocycles. The van der Waals surface area contributed by atoms with Gasteiger partial charge in [-0.15, -0.1) is 0 Å². The number of nitrogens with one attached hydrogen (secondary N) is 2. The van der Waals surface area contributed by atoms with E-state index in [-0.39, 0.29) is 18.6 Å². The van der Waals surface area contributed by atoms with Crippen molar-refractivity contribution in [2.75, 3.05) is 18.5 Å². The van der Waals surface area contributed by atoms with E-state index in [2.05, 4.69) is 20.6 Å². The summed E-state index contributed by atoms with van der Waals surface area (Å²) in [6, 6.07) is 5.65. The Labute approximate surface area is 155 Å². The topological polar surface area (TPSA) is 91.5 Å². The van der Waals surface area contributed by atoms with Gasteiger partial charge in [0.1, 0.15) is 0 Å². The number of carbonyl (C=O) groups is 1. The molecule has 1 aliphatic rings. The smallest absolute Gasteiger partial charge is 0.253 e. The number of hydrogen-bond donors (Lipinski definition) is 3. The summed E-state index contributed by atoms with van der Waals surface area (Å²) in [6.07, 6.45) is 7.27. The Morgan fingerprint density at radius 3 is 2.92 bits per heavy atom. The van der Waals surface area contributed by atoms with E-state index in [9.17, 15) is 4.79 Å². The summed E-state index contributed by atoms with van der Waals surface area (Å²) in [5.41, 5.74) is 2.82. The molecule has 0 saturated heterocycles. The molecular formula is C18H18ClN5O2. The molecule has 2 heterocycles. The average molecular weight is 372 g/mol. The van der Waals surface area contributed by atoms with Crippen LogP contribution >= 0.6 is 11.6 Å². The van der Waals surface area contributed by atoms with Gasteiger partial charge in [0.15, 0.2) is 11.5 Å². The van der Waals surface area contributed by atoms with Crippen LogP contribution in [-0.2, 0) is 0 Å². The zero-order valence-corrected chi connectivity index (χ0v) is 14.7. The van der Waals surface area contributed by atoms with Gasteiger partial charge in [0, 0.05) is 30.5 Å². The Bertz CT molecular complexity index is 967. The highest BCUT2D eigenvalue weighted by Gasteiger charge is 2.24. The summed E-state index contributed by atoms with van der Waals surface area (Å²) in [4.78, 5) is 20.9. The van der Waals surface area contributed by atoms with Gasteiger partial charge in [0.25, 0.3) is 5.91 Å². The van der Waals surface area contributed by atoms with Crippen LogP contribution in [0, 0.1) is 0 Å². The van der Waals surface area contributed by atoms with Gasteiger partial charge in [-0.25, -0.2) is 9.97 Å². The number of aliphatic hydroxyl groups excluding tert-OH is 1. The first-order valence-electron chi connectivity index (χ1n) is 8.45. The van der Waals surface area contributed by atoms with Gasteiger partial charge >= 0.3 is 0 Å². The molecule has 0 unspecified atom stereocenters. The minimum atomic E-state index is -0.137. The lowest BCUT2D eigenvalue weighted by atomic mass is 10.1. The maximum Gasteiger partial charge on any atom is 0.253 e. The van der Waals surface area contributed by atoms with Crippen LogP contribution in [0.3, 0.4) is 0 Å². The van der Waals surface area contributed by atoms with Gasteiger partial charge in [-0.1, -0.05) is 17.7 Å². The minimum Gasteiger partial charge on any atom is -0.395 e. The SMILES string of the molecule is O=C(NC1CC1)c1ccc(-c2cnc3c(NCCO)nccn23)cc1Cl. The van der Waals surface area contributed by atoms with Crippen LogP contribution in [0.4, 0.5) is 5.82 Å². The van der Waals surface area contributed by atoms with E-state index >= 15 is 0 Å². The van der Waals surface area contributed by atoms with E-state index in [4.69, 9.17) is 16.7 Å². The van der Waals surface area contributed by atoms with Crippen molar-refractivity contribution in [2.24, 2.45) is 0 Å².